The number of rotatable bonds is 7. The van der Waals surface area contributed by atoms with Crippen LogP contribution < -0.4 is 10.1 Å². The number of nitrogens with zero attached hydrogens (tertiary/aromatic N) is 1. The van der Waals surface area contributed by atoms with E-state index in [1.807, 2.05) is 6.92 Å². The summed E-state index contributed by atoms with van der Waals surface area (Å²) < 4.78 is 5.26. The van der Waals surface area contributed by atoms with Gasteiger partial charge in [0.25, 0.3) is 0 Å². The number of amides is 2. The number of anilines is 1. The molecule has 0 spiro atoms. The van der Waals surface area contributed by atoms with Crippen LogP contribution in [0.4, 0.5) is 5.69 Å². The Balaban J connectivity index is 2.97. The Kier molecular flexibility index (Phi) is 7.08. The van der Waals surface area contributed by atoms with Crippen molar-refractivity contribution in [2.75, 3.05) is 26.0 Å². The van der Waals surface area contributed by atoms with Crippen LogP contribution in [-0.2, 0) is 9.59 Å². The predicted octanol–water partition coefficient (Wildman–Crippen LogP) is 3.88. The molecule has 0 aliphatic rings. The van der Waals surface area contributed by atoms with E-state index in [1.54, 1.807) is 37.9 Å². The van der Waals surface area contributed by atoms with Crippen molar-refractivity contribution in [3.63, 3.8) is 0 Å². The van der Waals surface area contributed by atoms with Crippen molar-refractivity contribution in [1.82, 2.24) is 4.90 Å². The Labute approximate surface area is 149 Å². The Morgan fingerprint density at radius 2 is 1.96 bits per heavy atom. The number of unbranched alkanes of at least 4 members (excludes halogenated alkanes) is 1. The number of aryl methyl sites for hydroxylation is 1. The van der Waals surface area contributed by atoms with Crippen LogP contribution in [0.15, 0.2) is 12.1 Å². The maximum atomic E-state index is 12.7. The van der Waals surface area contributed by atoms with Gasteiger partial charge < -0.3 is 15.0 Å². The molecule has 0 aliphatic carbocycles. The molecule has 0 unspecified atom stereocenters. The van der Waals surface area contributed by atoms with Crippen molar-refractivity contribution in [3.8, 4) is 5.75 Å². The minimum absolute atomic E-state index is 0.210. The normalized spacial score (nSPS) is 11.1. The summed E-state index contributed by atoms with van der Waals surface area (Å²) in [6.07, 6.45) is 1.90. The van der Waals surface area contributed by atoms with Gasteiger partial charge in [-0.15, -0.1) is 0 Å². The Morgan fingerprint density at radius 1 is 1.33 bits per heavy atom. The SMILES string of the molecule is CCCCN(C)C(=O)C(C)(C)C(=O)Nc1cc(C)c(Cl)cc1OC. The van der Waals surface area contributed by atoms with Crippen LogP contribution in [-0.4, -0.2) is 37.4 Å². The van der Waals surface area contributed by atoms with E-state index in [4.69, 9.17) is 16.3 Å². The summed E-state index contributed by atoms with van der Waals surface area (Å²) in [4.78, 5) is 26.9. The lowest BCUT2D eigenvalue weighted by Gasteiger charge is -2.28. The molecule has 1 aromatic rings. The molecule has 0 bridgehead atoms. The fourth-order valence-corrected chi connectivity index (χ4v) is 2.43. The summed E-state index contributed by atoms with van der Waals surface area (Å²) in [6.45, 7) is 7.79. The van der Waals surface area contributed by atoms with E-state index in [1.165, 1.54) is 7.11 Å². The van der Waals surface area contributed by atoms with Crippen LogP contribution in [0.3, 0.4) is 0 Å². The molecule has 134 valence electrons. The lowest BCUT2D eigenvalue weighted by molar-refractivity contribution is -0.145. The van der Waals surface area contributed by atoms with Gasteiger partial charge in [-0.25, -0.2) is 0 Å². The molecule has 2 amide bonds. The zero-order chi connectivity index (χ0) is 18.5. The number of methoxy groups -OCH3 is 1. The molecule has 1 aromatic carbocycles. The zero-order valence-corrected chi connectivity index (χ0v) is 16.1. The lowest BCUT2D eigenvalue weighted by Crippen LogP contribution is -2.46. The summed E-state index contributed by atoms with van der Waals surface area (Å²) in [7, 11) is 3.23. The summed E-state index contributed by atoms with van der Waals surface area (Å²) in [5, 5.41) is 3.35. The van der Waals surface area contributed by atoms with E-state index < -0.39 is 5.41 Å². The minimum atomic E-state index is -1.18. The van der Waals surface area contributed by atoms with Crippen LogP contribution in [0.1, 0.15) is 39.2 Å². The molecule has 0 heterocycles. The molecule has 1 N–H and O–H groups in total. The second-order valence-corrected chi connectivity index (χ2v) is 6.87. The maximum absolute atomic E-state index is 12.7. The second kappa shape index (κ2) is 8.38. The Hall–Kier alpha value is -1.75. The van der Waals surface area contributed by atoms with Crippen molar-refractivity contribution < 1.29 is 14.3 Å². The molecular weight excluding hydrogens is 328 g/mol. The first kappa shape index (κ1) is 20.3. The number of hydrogen-bond donors (Lipinski definition) is 1. The fourth-order valence-electron chi connectivity index (χ4n) is 2.28. The molecule has 0 saturated carbocycles. The highest BCUT2D eigenvalue weighted by molar-refractivity contribution is 6.31. The van der Waals surface area contributed by atoms with Crippen molar-refractivity contribution in [3.05, 3.63) is 22.7 Å². The summed E-state index contributed by atoms with van der Waals surface area (Å²) in [5.74, 6) is -0.129. The third-order valence-electron chi connectivity index (χ3n) is 4.03. The Bertz CT molecular complexity index is 615. The van der Waals surface area contributed by atoms with E-state index in [2.05, 4.69) is 12.2 Å². The number of carbonyl (C=O) groups is 2. The van der Waals surface area contributed by atoms with Gasteiger partial charge in [0.05, 0.1) is 12.8 Å². The topological polar surface area (TPSA) is 58.6 Å². The van der Waals surface area contributed by atoms with Gasteiger partial charge >= 0.3 is 0 Å². The van der Waals surface area contributed by atoms with E-state index in [0.29, 0.717) is 23.0 Å². The van der Waals surface area contributed by atoms with Crippen LogP contribution in [0.25, 0.3) is 0 Å². The highest BCUT2D eigenvalue weighted by Crippen LogP contribution is 2.32. The fraction of sp³-hybridized carbons (Fsp3) is 0.556. The molecule has 0 atom stereocenters. The van der Waals surface area contributed by atoms with Gasteiger partial charge in [0.15, 0.2) is 0 Å². The second-order valence-electron chi connectivity index (χ2n) is 6.46. The molecular formula is C18H27ClN2O3. The quantitative estimate of drug-likeness (QED) is 0.756. The monoisotopic (exact) mass is 354 g/mol. The van der Waals surface area contributed by atoms with Gasteiger partial charge in [0, 0.05) is 24.7 Å². The number of nitrogens with one attached hydrogen (secondary N) is 1. The highest BCUT2D eigenvalue weighted by atomic mass is 35.5. The summed E-state index contributed by atoms with van der Waals surface area (Å²) in [6, 6.07) is 3.38. The minimum Gasteiger partial charge on any atom is -0.495 e. The molecule has 5 nitrogen and oxygen atoms in total. The van der Waals surface area contributed by atoms with Crippen molar-refractivity contribution in [1.29, 1.82) is 0 Å². The van der Waals surface area contributed by atoms with Crippen LogP contribution in [0.5, 0.6) is 5.75 Å². The van der Waals surface area contributed by atoms with E-state index in [0.717, 1.165) is 18.4 Å². The van der Waals surface area contributed by atoms with Crippen LogP contribution in [0.2, 0.25) is 5.02 Å². The number of ether oxygens (including phenoxy) is 1. The molecule has 24 heavy (non-hydrogen) atoms. The van der Waals surface area contributed by atoms with E-state index in [9.17, 15) is 9.59 Å². The van der Waals surface area contributed by atoms with Gasteiger partial charge in [-0.3, -0.25) is 9.59 Å². The molecule has 1 rings (SSSR count). The van der Waals surface area contributed by atoms with Gasteiger partial charge in [-0.05, 0) is 38.8 Å². The van der Waals surface area contributed by atoms with E-state index >= 15 is 0 Å². The third-order valence-corrected chi connectivity index (χ3v) is 4.43. The van der Waals surface area contributed by atoms with Crippen molar-refractivity contribution >= 4 is 29.1 Å². The Morgan fingerprint density at radius 3 is 2.50 bits per heavy atom. The molecule has 0 aliphatic heterocycles. The number of benzene rings is 1. The first-order valence-electron chi connectivity index (χ1n) is 8.06. The first-order valence-corrected chi connectivity index (χ1v) is 8.44. The first-order chi connectivity index (χ1) is 11.1. The number of hydrogen-bond acceptors (Lipinski definition) is 3. The molecule has 0 fully saturated rings. The third kappa shape index (κ3) is 4.63. The standard InChI is InChI=1S/C18H27ClN2O3/c1-7-8-9-21(5)17(23)18(3,4)16(22)20-14-10-12(2)13(19)11-15(14)24-6/h10-11H,7-9H2,1-6H3,(H,20,22). The smallest absolute Gasteiger partial charge is 0.239 e. The van der Waals surface area contributed by atoms with Crippen molar-refractivity contribution in [2.24, 2.45) is 5.41 Å². The molecule has 0 aromatic heterocycles. The molecule has 6 heteroatoms. The maximum Gasteiger partial charge on any atom is 0.239 e. The van der Waals surface area contributed by atoms with Crippen LogP contribution >= 0.6 is 11.6 Å². The predicted molar refractivity (Wildman–Crippen MR) is 97.7 cm³/mol. The number of halogens is 1. The average Bonchev–Trinajstić information content (AvgIpc) is 2.54. The van der Waals surface area contributed by atoms with Gasteiger partial charge in [0.1, 0.15) is 11.2 Å². The highest BCUT2D eigenvalue weighted by Gasteiger charge is 2.38. The van der Waals surface area contributed by atoms with Crippen molar-refractivity contribution in [2.45, 2.75) is 40.5 Å². The molecule has 0 radical (unpaired) electrons. The average molecular weight is 355 g/mol. The summed E-state index contributed by atoms with van der Waals surface area (Å²) >= 11 is 6.08. The molecule has 0 saturated heterocycles. The van der Waals surface area contributed by atoms with Gasteiger partial charge in [-0.1, -0.05) is 24.9 Å². The van der Waals surface area contributed by atoms with E-state index in [-0.39, 0.29) is 11.8 Å². The van der Waals surface area contributed by atoms with Gasteiger partial charge in [0.2, 0.25) is 11.8 Å². The van der Waals surface area contributed by atoms with Gasteiger partial charge in [-0.2, -0.15) is 0 Å². The number of carbonyl (C=O) groups excluding carboxylic acids is 2. The summed E-state index contributed by atoms with van der Waals surface area (Å²) in [5.41, 5.74) is 0.138. The largest absolute Gasteiger partial charge is 0.495 e. The lowest BCUT2D eigenvalue weighted by atomic mass is 9.90. The van der Waals surface area contributed by atoms with Crippen LogP contribution in [0, 0.1) is 12.3 Å². The zero-order valence-electron chi connectivity index (χ0n) is 15.3.